The highest BCUT2D eigenvalue weighted by Crippen LogP contribution is 2.19. The molecule has 1 fully saturated rings. The lowest BCUT2D eigenvalue weighted by Crippen LogP contribution is -2.39. The maximum atomic E-state index is 12.1. The molecule has 112 valence electrons. The Balaban J connectivity index is 1.96. The van der Waals surface area contributed by atoms with E-state index < -0.39 is 10.0 Å². The van der Waals surface area contributed by atoms with Gasteiger partial charge in [0.25, 0.3) is 0 Å². The monoisotopic (exact) mass is 298 g/mol. The van der Waals surface area contributed by atoms with Gasteiger partial charge in [-0.05, 0) is 44.5 Å². The van der Waals surface area contributed by atoms with Crippen LogP contribution >= 0.6 is 0 Å². The van der Waals surface area contributed by atoms with Gasteiger partial charge in [0.1, 0.15) is 5.82 Å². The number of likely N-dealkylation sites (tertiary alicyclic amines) is 1. The smallest absolute Gasteiger partial charge is 0.216 e. The molecular weight excluding hydrogens is 276 g/mol. The second kappa shape index (κ2) is 6.07. The van der Waals surface area contributed by atoms with Crippen molar-refractivity contribution >= 4 is 15.8 Å². The Bertz CT molecular complexity index is 559. The Kier molecular flexibility index (Phi) is 4.62. The fraction of sp³-hybridized carbons (Fsp3) is 0.615. The summed E-state index contributed by atoms with van der Waals surface area (Å²) in [6.45, 7) is 5.73. The van der Waals surface area contributed by atoms with Crippen molar-refractivity contribution in [1.29, 1.82) is 0 Å². The summed E-state index contributed by atoms with van der Waals surface area (Å²) in [6.07, 6.45) is 2.35. The van der Waals surface area contributed by atoms with Gasteiger partial charge < -0.3 is 5.73 Å². The van der Waals surface area contributed by atoms with Crippen LogP contribution in [0.4, 0.5) is 5.82 Å². The molecular formula is C13H22N4O2S. The largest absolute Gasteiger partial charge is 0.384 e. The molecule has 2 heterocycles. The third-order valence-corrected chi connectivity index (χ3v) is 5.38. The second-order valence-electron chi connectivity index (χ2n) is 5.55. The Morgan fingerprint density at radius 3 is 2.95 bits per heavy atom. The fourth-order valence-corrected chi connectivity index (χ4v) is 4.14. The first-order chi connectivity index (χ1) is 9.37. The van der Waals surface area contributed by atoms with Crippen molar-refractivity contribution in [2.24, 2.45) is 0 Å². The number of hydrogen-bond acceptors (Lipinski definition) is 5. The summed E-state index contributed by atoms with van der Waals surface area (Å²) in [4.78, 5) is 6.09. The molecule has 6 nitrogen and oxygen atoms in total. The molecule has 20 heavy (non-hydrogen) atoms. The van der Waals surface area contributed by atoms with Crippen molar-refractivity contribution in [1.82, 2.24) is 14.6 Å². The van der Waals surface area contributed by atoms with Crippen LogP contribution in [0.3, 0.4) is 0 Å². The van der Waals surface area contributed by atoms with E-state index in [1.165, 1.54) is 0 Å². The molecule has 3 N–H and O–H groups in total. The molecule has 1 saturated heterocycles. The number of hydrogen-bond donors (Lipinski definition) is 2. The predicted molar refractivity (Wildman–Crippen MR) is 79.5 cm³/mol. The van der Waals surface area contributed by atoms with Crippen molar-refractivity contribution < 1.29 is 8.42 Å². The summed E-state index contributed by atoms with van der Waals surface area (Å²) in [5, 5.41) is -0.330. The molecule has 1 aromatic rings. The molecule has 1 aromatic heterocycles. The van der Waals surface area contributed by atoms with Gasteiger partial charge in [-0.2, -0.15) is 0 Å². The number of nitrogens with two attached hydrogens (primary N) is 1. The van der Waals surface area contributed by atoms with Gasteiger partial charge in [0.05, 0.1) is 5.25 Å². The normalized spacial score (nSPS) is 20.6. The maximum Gasteiger partial charge on any atom is 0.216 e. The van der Waals surface area contributed by atoms with Gasteiger partial charge >= 0.3 is 0 Å². The van der Waals surface area contributed by atoms with Crippen molar-refractivity contribution in [2.75, 3.05) is 18.8 Å². The van der Waals surface area contributed by atoms with Crippen molar-refractivity contribution in [2.45, 2.75) is 38.1 Å². The van der Waals surface area contributed by atoms with Crippen molar-refractivity contribution in [3.8, 4) is 0 Å². The molecule has 2 rings (SSSR count). The summed E-state index contributed by atoms with van der Waals surface area (Å²) in [5.74, 6) is 0.493. The van der Waals surface area contributed by atoms with Crippen LogP contribution in [-0.2, 0) is 16.6 Å². The molecule has 0 spiro atoms. The summed E-state index contributed by atoms with van der Waals surface area (Å²) in [7, 11) is -3.22. The van der Waals surface area contributed by atoms with Crippen LogP contribution in [0.2, 0.25) is 0 Å². The van der Waals surface area contributed by atoms with Crippen molar-refractivity contribution in [3.63, 3.8) is 0 Å². The lowest BCUT2D eigenvalue weighted by Gasteiger charge is -2.17. The minimum atomic E-state index is -3.22. The maximum absolute atomic E-state index is 12.1. The van der Waals surface area contributed by atoms with Gasteiger partial charge in [-0.25, -0.2) is 18.1 Å². The predicted octanol–water partition coefficient (Wildman–Crippen LogP) is 0.566. The van der Waals surface area contributed by atoms with Crippen LogP contribution in [-0.4, -0.2) is 42.7 Å². The summed E-state index contributed by atoms with van der Waals surface area (Å²) in [5.41, 5.74) is 6.71. The third kappa shape index (κ3) is 3.91. The van der Waals surface area contributed by atoms with Gasteiger partial charge in [-0.15, -0.1) is 0 Å². The second-order valence-corrected chi connectivity index (χ2v) is 7.54. The van der Waals surface area contributed by atoms with E-state index in [9.17, 15) is 8.42 Å². The Morgan fingerprint density at radius 1 is 1.55 bits per heavy atom. The van der Waals surface area contributed by atoms with E-state index in [0.29, 0.717) is 25.3 Å². The molecule has 1 aliphatic rings. The summed E-state index contributed by atoms with van der Waals surface area (Å²) >= 11 is 0. The summed E-state index contributed by atoms with van der Waals surface area (Å²) in [6, 6.07) is 3.67. The number of rotatable bonds is 5. The molecule has 0 amide bonds. The number of aromatic nitrogens is 1. The Morgan fingerprint density at radius 2 is 2.30 bits per heavy atom. The number of sulfonamides is 1. The molecule has 1 aliphatic heterocycles. The zero-order valence-corrected chi connectivity index (χ0v) is 12.7. The van der Waals surface area contributed by atoms with Crippen LogP contribution in [0.1, 0.15) is 25.8 Å². The van der Waals surface area contributed by atoms with Gasteiger partial charge in [-0.1, -0.05) is 0 Å². The average Bonchev–Trinajstić information content (AvgIpc) is 2.76. The lowest BCUT2D eigenvalue weighted by molar-refractivity contribution is 0.331. The first-order valence-corrected chi connectivity index (χ1v) is 8.35. The minimum Gasteiger partial charge on any atom is -0.384 e. The van der Waals surface area contributed by atoms with E-state index in [-0.39, 0.29) is 11.3 Å². The molecule has 0 radical (unpaired) electrons. The van der Waals surface area contributed by atoms with Crippen LogP contribution < -0.4 is 10.5 Å². The fourth-order valence-electron chi connectivity index (χ4n) is 2.47. The van der Waals surface area contributed by atoms with E-state index in [2.05, 4.69) is 14.6 Å². The first-order valence-electron chi connectivity index (χ1n) is 6.81. The van der Waals surface area contributed by atoms with Crippen LogP contribution in [0, 0.1) is 0 Å². The van der Waals surface area contributed by atoms with Crippen LogP contribution in [0.5, 0.6) is 0 Å². The molecule has 0 unspecified atom stereocenters. The molecule has 0 saturated carbocycles. The highest BCUT2D eigenvalue weighted by molar-refractivity contribution is 7.90. The highest BCUT2D eigenvalue weighted by atomic mass is 32.2. The zero-order valence-electron chi connectivity index (χ0n) is 11.9. The highest BCUT2D eigenvalue weighted by Gasteiger charge is 2.33. The molecule has 0 aliphatic carbocycles. The average molecular weight is 298 g/mol. The zero-order chi connectivity index (χ0) is 14.8. The van der Waals surface area contributed by atoms with Crippen molar-refractivity contribution in [3.05, 3.63) is 23.9 Å². The molecule has 1 atom stereocenters. The quantitative estimate of drug-likeness (QED) is 0.829. The van der Waals surface area contributed by atoms with Gasteiger partial charge in [0.2, 0.25) is 10.0 Å². The Labute approximate surface area is 120 Å². The van der Waals surface area contributed by atoms with Gasteiger partial charge in [0, 0.05) is 25.3 Å². The summed E-state index contributed by atoms with van der Waals surface area (Å²) < 4.78 is 26.9. The van der Waals surface area contributed by atoms with Crippen LogP contribution in [0.15, 0.2) is 18.3 Å². The lowest BCUT2D eigenvalue weighted by atomic mass is 10.2. The topological polar surface area (TPSA) is 88.3 Å². The molecule has 7 heteroatoms. The number of anilines is 1. The number of nitrogens with zero attached hydrogens (tertiary/aromatic N) is 2. The minimum absolute atomic E-state index is 0.0611. The van der Waals surface area contributed by atoms with Gasteiger partial charge in [0.15, 0.2) is 0 Å². The Hall–Kier alpha value is -1.18. The standard InChI is InChI=1S/C13H22N4O2S/c1-10(2)16-20(18,19)12-4-6-17(9-12)8-11-3-5-15-13(14)7-11/h3,5,7,10,12,16H,4,6,8-9H2,1-2H3,(H2,14,15)/t12-/m0/s1. The number of nitrogens with one attached hydrogen (secondary N) is 1. The third-order valence-electron chi connectivity index (χ3n) is 3.32. The first kappa shape index (κ1) is 15.2. The van der Waals surface area contributed by atoms with Gasteiger partial charge in [-0.3, -0.25) is 4.90 Å². The van der Waals surface area contributed by atoms with E-state index in [0.717, 1.165) is 12.1 Å². The molecule has 0 aromatic carbocycles. The van der Waals surface area contributed by atoms with E-state index in [1.807, 2.05) is 26.0 Å². The van der Waals surface area contributed by atoms with E-state index in [1.54, 1.807) is 6.20 Å². The number of pyridine rings is 1. The molecule has 0 bridgehead atoms. The van der Waals surface area contributed by atoms with Crippen LogP contribution in [0.25, 0.3) is 0 Å². The van der Waals surface area contributed by atoms with E-state index >= 15 is 0 Å². The number of nitrogen functional groups attached to an aromatic ring is 1. The van der Waals surface area contributed by atoms with E-state index in [4.69, 9.17) is 5.73 Å². The SMILES string of the molecule is CC(C)NS(=O)(=O)[C@H]1CCN(Cc2ccnc(N)c2)C1.